The van der Waals surface area contributed by atoms with Gasteiger partial charge in [0.25, 0.3) is 0 Å². The summed E-state index contributed by atoms with van der Waals surface area (Å²) in [6.45, 7) is 7.48. The Kier molecular flexibility index (Phi) is 10.9. The first-order valence-corrected chi connectivity index (χ1v) is 6.52. The quantitative estimate of drug-likeness (QED) is 0.328. The predicted molar refractivity (Wildman–Crippen MR) is 65.6 cm³/mol. The van der Waals surface area contributed by atoms with Crippen molar-refractivity contribution in [2.75, 3.05) is 6.61 Å². The second kappa shape index (κ2) is 9.33. The van der Waals surface area contributed by atoms with E-state index in [0.29, 0.717) is 0 Å². The standard InChI is InChI=1S/C9H18N2O2.ClH2P/c1-8(2)11(12,9(3)4)13-7-5-6-10;1-2/h8-9H,5,7H2,1-4H3;2H2. The van der Waals surface area contributed by atoms with Crippen LogP contribution >= 0.6 is 19.8 Å². The Morgan fingerprint density at radius 3 is 2.00 bits per heavy atom. The van der Waals surface area contributed by atoms with E-state index in [1.807, 2.05) is 42.4 Å². The van der Waals surface area contributed by atoms with E-state index in [1.165, 1.54) is 0 Å². The Bertz CT molecular complexity index is 187. The van der Waals surface area contributed by atoms with Gasteiger partial charge in [0.05, 0.1) is 12.5 Å². The molecule has 1 atom stereocenters. The van der Waals surface area contributed by atoms with Gasteiger partial charge in [-0.05, 0) is 36.3 Å². The molecule has 0 radical (unpaired) electrons. The molecule has 0 saturated heterocycles. The molecule has 0 saturated carbocycles. The van der Waals surface area contributed by atoms with Crippen molar-refractivity contribution < 1.29 is 9.65 Å². The van der Waals surface area contributed by atoms with Crippen molar-refractivity contribution in [2.45, 2.75) is 46.2 Å². The molecular formula is C9H20ClN2O2P. The number of halogens is 1. The smallest absolute Gasteiger partial charge is 0.120 e. The highest BCUT2D eigenvalue weighted by Gasteiger charge is 2.27. The van der Waals surface area contributed by atoms with Crippen molar-refractivity contribution in [3.05, 3.63) is 5.21 Å². The Morgan fingerprint density at radius 2 is 1.73 bits per heavy atom. The van der Waals surface area contributed by atoms with Gasteiger partial charge in [-0.25, -0.2) is 9.65 Å². The monoisotopic (exact) mass is 254 g/mol. The summed E-state index contributed by atoms with van der Waals surface area (Å²) in [5.74, 6) is 0. The molecule has 0 aromatic carbocycles. The van der Waals surface area contributed by atoms with Crippen molar-refractivity contribution in [2.24, 2.45) is 0 Å². The van der Waals surface area contributed by atoms with Crippen LogP contribution in [0.15, 0.2) is 0 Å². The van der Waals surface area contributed by atoms with Crippen LogP contribution in [0.3, 0.4) is 0 Å². The molecule has 0 spiro atoms. The minimum atomic E-state index is -0.679. The minimum Gasteiger partial charge on any atom is -0.598 e. The van der Waals surface area contributed by atoms with Gasteiger partial charge >= 0.3 is 0 Å². The van der Waals surface area contributed by atoms with E-state index in [2.05, 4.69) is 11.2 Å². The third-order valence-corrected chi connectivity index (χ3v) is 1.95. The summed E-state index contributed by atoms with van der Waals surface area (Å²) in [6.07, 6.45) is 0.266. The average Bonchev–Trinajstić information content (AvgIpc) is 2.20. The van der Waals surface area contributed by atoms with Crippen LogP contribution < -0.4 is 0 Å². The maximum absolute atomic E-state index is 12.0. The Morgan fingerprint density at radius 1 is 1.33 bits per heavy atom. The first-order chi connectivity index (χ1) is 6.95. The molecular weight excluding hydrogens is 235 g/mol. The van der Waals surface area contributed by atoms with Crippen LogP contribution in [0.4, 0.5) is 0 Å². The molecule has 0 aromatic rings. The lowest BCUT2D eigenvalue weighted by atomic mass is 10.3. The molecule has 0 amide bonds. The fraction of sp³-hybridized carbons (Fsp3) is 0.889. The molecule has 0 N–H and O–H groups in total. The fourth-order valence-corrected chi connectivity index (χ4v) is 1.13. The zero-order valence-corrected chi connectivity index (χ0v) is 11.6. The predicted octanol–water partition coefficient (Wildman–Crippen LogP) is 2.98. The zero-order valence-electron chi connectivity index (χ0n) is 9.74. The fourth-order valence-electron chi connectivity index (χ4n) is 1.13. The molecule has 0 aliphatic rings. The molecule has 0 fully saturated rings. The Hall–Kier alpha value is 0.0900. The third-order valence-electron chi connectivity index (χ3n) is 1.95. The Balaban J connectivity index is 0. The van der Waals surface area contributed by atoms with Crippen LogP contribution in [-0.2, 0) is 4.84 Å². The zero-order chi connectivity index (χ0) is 12.5. The van der Waals surface area contributed by atoms with Gasteiger partial charge in [0.2, 0.25) is 0 Å². The molecule has 0 aromatic heterocycles. The van der Waals surface area contributed by atoms with Crippen molar-refractivity contribution in [1.82, 2.24) is 0 Å². The number of nitrogens with zero attached hydrogens (tertiary/aromatic N) is 2. The van der Waals surface area contributed by atoms with Crippen LogP contribution in [0.5, 0.6) is 0 Å². The van der Waals surface area contributed by atoms with Gasteiger partial charge in [-0.2, -0.15) is 5.26 Å². The molecule has 90 valence electrons. The maximum Gasteiger partial charge on any atom is 0.120 e. The van der Waals surface area contributed by atoms with Crippen LogP contribution in [0.2, 0.25) is 0 Å². The Labute approximate surface area is 99.3 Å². The largest absolute Gasteiger partial charge is 0.598 e. The van der Waals surface area contributed by atoms with Gasteiger partial charge in [0.15, 0.2) is 0 Å². The van der Waals surface area contributed by atoms with E-state index in [9.17, 15) is 5.21 Å². The molecule has 0 aliphatic heterocycles. The summed E-state index contributed by atoms with van der Waals surface area (Å²) >= 11 is 4.56. The molecule has 1 unspecified atom stereocenters. The lowest BCUT2D eigenvalue weighted by Gasteiger charge is -2.45. The molecule has 4 nitrogen and oxygen atoms in total. The summed E-state index contributed by atoms with van der Waals surface area (Å²) in [4.78, 5) is 4.47. The lowest BCUT2D eigenvalue weighted by molar-refractivity contribution is -1.10. The SMILES string of the molecule is CC(C)[N+]([O-])(OCCC#N)C(C)C.PCl. The van der Waals surface area contributed by atoms with Crippen LogP contribution in [0, 0.1) is 16.5 Å². The highest BCUT2D eigenvalue weighted by Crippen LogP contribution is 2.18. The van der Waals surface area contributed by atoms with Gasteiger partial charge in [-0.3, -0.25) is 0 Å². The number of hydrogen-bond acceptors (Lipinski definition) is 3. The van der Waals surface area contributed by atoms with Crippen molar-refractivity contribution in [3.8, 4) is 6.07 Å². The highest BCUT2D eigenvalue weighted by atomic mass is 35.7. The summed E-state index contributed by atoms with van der Waals surface area (Å²) in [7, 11) is 1.89. The van der Waals surface area contributed by atoms with Crippen LogP contribution in [0.1, 0.15) is 34.1 Å². The van der Waals surface area contributed by atoms with Gasteiger partial charge < -0.3 is 5.21 Å². The summed E-state index contributed by atoms with van der Waals surface area (Å²) < 4.78 is 0. The molecule has 0 aliphatic carbocycles. The minimum absolute atomic E-state index is 0.140. The van der Waals surface area contributed by atoms with E-state index < -0.39 is 4.81 Å². The maximum atomic E-state index is 12.0. The molecule has 15 heavy (non-hydrogen) atoms. The van der Waals surface area contributed by atoms with Gasteiger partial charge in [-0.15, -0.1) is 11.2 Å². The van der Waals surface area contributed by atoms with Gasteiger partial charge in [-0.1, -0.05) is 0 Å². The number of hydroxylamine groups is 4. The topological polar surface area (TPSA) is 56.1 Å². The molecule has 6 heteroatoms. The molecule has 0 rings (SSSR count). The van der Waals surface area contributed by atoms with E-state index >= 15 is 0 Å². The third kappa shape index (κ3) is 6.29. The van der Waals surface area contributed by atoms with E-state index in [0.717, 1.165) is 0 Å². The van der Waals surface area contributed by atoms with E-state index in [4.69, 9.17) is 10.1 Å². The second-order valence-corrected chi connectivity index (χ2v) is 3.57. The van der Waals surface area contributed by atoms with Crippen molar-refractivity contribution in [1.29, 1.82) is 5.26 Å². The first kappa shape index (κ1) is 17.5. The van der Waals surface area contributed by atoms with Crippen LogP contribution in [-0.4, -0.2) is 23.5 Å². The number of hydrogen-bond donors (Lipinski definition) is 0. The summed E-state index contributed by atoms with van der Waals surface area (Å²) in [5.41, 5.74) is 0. The van der Waals surface area contributed by atoms with Gasteiger partial charge in [0, 0.05) is 0 Å². The summed E-state index contributed by atoms with van der Waals surface area (Å²) in [5, 5.41) is 20.3. The molecule has 0 bridgehead atoms. The average molecular weight is 255 g/mol. The second-order valence-electron chi connectivity index (χ2n) is 3.57. The van der Waals surface area contributed by atoms with Crippen LogP contribution in [0.25, 0.3) is 0 Å². The lowest BCUT2D eigenvalue weighted by Crippen LogP contribution is -2.52. The summed E-state index contributed by atoms with van der Waals surface area (Å²) in [6, 6.07) is 1.66. The first-order valence-electron chi connectivity index (χ1n) is 4.78. The number of quaternary nitrogens is 1. The normalized spacial score (nSPS) is 10.9. The highest BCUT2D eigenvalue weighted by molar-refractivity contribution is 7.52. The van der Waals surface area contributed by atoms with E-state index in [-0.39, 0.29) is 25.1 Å². The van der Waals surface area contributed by atoms with Crippen molar-refractivity contribution >= 4 is 19.8 Å². The van der Waals surface area contributed by atoms with Gasteiger partial charge in [0.1, 0.15) is 18.7 Å². The van der Waals surface area contributed by atoms with E-state index in [1.54, 1.807) is 0 Å². The molecule has 0 heterocycles. The van der Waals surface area contributed by atoms with Crippen molar-refractivity contribution in [3.63, 3.8) is 0 Å². The number of rotatable bonds is 5. The number of nitriles is 1.